The Morgan fingerprint density at radius 3 is 2.27 bits per heavy atom. The van der Waals surface area contributed by atoms with E-state index in [1.165, 1.54) is 32.4 Å². The van der Waals surface area contributed by atoms with E-state index in [0.717, 1.165) is 12.1 Å². The fraction of sp³-hybridized carbons (Fsp3) is 0.133. The van der Waals surface area contributed by atoms with Gasteiger partial charge in [-0.15, -0.1) is 0 Å². The van der Waals surface area contributed by atoms with Gasteiger partial charge in [-0.2, -0.15) is 0 Å². The Balaban J connectivity index is 2.29. The summed E-state index contributed by atoms with van der Waals surface area (Å²) in [6.07, 6.45) is 0. The van der Waals surface area contributed by atoms with Crippen molar-refractivity contribution < 1.29 is 23.0 Å². The number of anilines is 2. The highest BCUT2D eigenvalue weighted by molar-refractivity contribution is 6.06. The maximum absolute atomic E-state index is 13.2. The number of rotatable bonds is 4. The summed E-state index contributed by atoms with van der Waals surface area (Å²) >= 11 is 0. The van der Waals surface area contributed by atoms with Crippen LogP contribution in [-0.2, 0) is 0 Å². The number of ether oxygens (including phenoxy) is 2. The van der Waals surface area contributed by atoms with Crippen LogP contribution in [0.5, 0.6) is 11.5 Å². The van der Waals surface area contributed by atoms with Gasteiger partial charge in [0.2, 0.25) is 0 Å². The summed E-state index contributed by atoms with van der Waals surface area (Å²) in [6, 6.07) is 5.82. The molecule has 0 spiro atoms. The van der Waals surface area contributed by atoms with Crippen molar-refractivity contribution in [1.82, 2.24) is 0 Å². The Labute approximate surface area is 125 Å². The normalized spacial score (nSPS) is 10.2. The third kappa shape index (κ3) is 3.08. The van der Waals surface area contributed by atoms with Gasteiger partial charge in [0, 0.05) is 17.7 Å². The average Bonchev–Trinajstić information content (AvgIpc) is 2.51. The molecule has 0 saturated carbocycles. The van der Waals surface area contributed by atoms with Crippen LogP contribution in [0.25, 0.3) is 0 Å². The lowest BCUT2D eigenvalue weighted by Gasteiger charge is -2.13. The van der Waals surface area contributed by atoms with Gasteiger partial charge in [-0.25, -0.2) is 8.78 Å². The standard InChI is InChI=1S/C15H14F2N2O3/c1-21-13-6-11(18)12(7-14(13)22-2)19-15(20)8-3-4-9(16)10(17)5-8/h3-7H,18H2,1-2H3,(H,19,20). The van der Waals surface area contributed by atoms with Crippen LogP contribution in [0.2, 0.25) is 0 Å². The second kappa shape index (κ2) is 6.30. The molecule has 0 heterocycles. The highest BCUT2D eigenvalue weighted by Gasteiger charge is 2.14. The molecule has 0 bridgehead atoms. The van der Waals surface area contributed by atoms with Crippen molar-refractivity contribution in [2.45, 2.75) is 0 Å². The average molecular weight is 308 g/mol. The summed E-state index contributed by atoms with van der Waals surface area (Å²) in [5.74, 6) is -1.98. The SMILES string of the molecule is COc1cc(N)c(NC(=O)c2ccc(F)c(F)c2)cc1OC. The number of methoxy groups -OCH3 is 2. The number of amides is 1. The van der Waals surface area contributed by atoms with Gasteiger partial charge in [-0.1, -0.05) is 0 Å². The number of nitrogens with one attached hydrogen (secondary N) is 1. The van der Waals surface area contributed by atoms with Crippen LogP contribution < -0.4 is 20.5 Å². The Bertz CT molecular complexity index is 720. The number of carbonyl (C=O) groups is 1. The van der Waals surface area contributed by atoms with Crippen LogP contribution in [-0.4, -0.2) is 20.1 Å². The molecule has 0 saturated heterocycles. The third-order valence-corrected chi connectivity index (χ3v) is 2.99. The van der Waals surface area contributed by atoms with Crippen LogP contribution in [0.1, 0.15) is 10.4 Å². The molecule has 0 aliphatic rings. The number of hydrogen-bond donors (Lipinski definition) is 2. The molecule has 2 aromatic rings. The second-order valence-electron chi connectivity index (χ2n) is 4.38. The lowest BCUT2D eigenvalue weighted by atomic mass is 10.2. The van der Waals surface area contributed by atoms with Crippen molar-refractivity contribution in [2.24, 2.45) is 0 Å². The maximum Gasteiger partial charge on any atom is 0.255 e. The number of carbonyl (C=O) groups excluding carboxylic acids is 1. The van der Waals surface area contributed by atoms with Crippen LogP contribution in [0, 0.1) is 11.6 Å². The number of benzene rings is 2. The Morgan fingerprint density at radius 2 is 1.68 bits per heavy atom. The molecule has 0 fully saturated rings. The molecule has 0 unspecified atom stereocenters. The Hall–Kier alpha value is -2.83. The molecule has 0 radical (unpaired) electrons. The molecular formula is C15H14F2N2O3. The lowest BCUT2D eigenvalue weighted by molar-refractivity contribution is 0.102. The smallest absolute Gasteiger partial charge is 0.255 e. The minimum atomic E-state index is -1.10. The predicted molar refractivity (Wildman–Crippen MR) is 78.3 cm³/mol. The highest BCUT2D eigenvalue weighted by Crippen LogP contribution is 2.35. The largest absolute Gasteiger partial charge is 0.493 e. The molecule has 7 heteroatoms. The van der Waals surface area contributed by atoms with E-state index in [0.29, 0.717) is 11.5 Å². The molecule has 5 nitrogen and oxygen atoms in total. The lowest BCUT2D eigenvalue weighted by Crippen LogP contribution is -2.14. The summed E-state index contributed by atoms with van der Waals surface area (Å²) in [4.78, 5) is 12.1. The van der Waals surface area contributed by atoms with Crippen molar-refractivity contribution in [3.8, 4) is 11.5 Å². The van der Waals surface area contributed by atoms with Gasteiger partial charge in [0.15, 0.2) is 23.1 Å². The number of nitrogens with two attached hydrogens (primary N) is 1. The van der Waals surface area contributed by atoms with E-state index in [2.05, 4.69) is 5.32 Å². The first-order valence-electron chi connectivity index (χ1n) is 6.24. The van der Waals surface area contributed by atoms with Gasteiger partial charge in [0.05, 0.1) is 25.6 Å². The van der Waals surface area contributed by atoms with E-state index in [9.17, 15) is 13.6 Å². The first kappa shape index (κ1) is 15.6. The fourth-order valence-corrected chi connectivity index (χ4v) is 1.83. The van der Waals surface area contributed by atoms with E-state index in [1.807, 2.05) is 0 Å². The minimum absolute atomic E-state index is 0.0342. The molecule has 3 N–H and O–H groups in total. The van der Waals surface area contributed by atoms with Crippen molar-refractivity contribution in [2.75, 3.05) is 25.3 Å². The zero-order chi connectivity index (χ0) is 16.3. The molecule has 0 aliphatic carbocycles. The second-order valence-corrected chi connectivity index (χ2v) is 4.38. The zero-order valence-corrected chi connectivity index (χ0v) is 11.9. The molecule has 2 rings (SSSR count). The molecule has 0 aromatic heterocycles. The van der Waals surface area contributed by atoms with Crippen molar-refractivity contribution >= 4 is 17.3 Å². The van der Waals surface area contributed by atoms with Crippen molar-refractivity contribution in [3.63, 3.8) is 0 Å². The Kier molecular flexibility index (Phi) is 4.45. The molecule has 2 aromatic carbocycles. The van der Waals surface area contributed by atoms with Crippen LogP contribution in [0.3, 0.4) is 0 Å². The summed E-state index contributed by atoms with van der Waals surface area (Å²) in [6.45, 7) is 0. The predicted octanol–water partition coefficient (Wildman–Crippen LogP) is 2.82. The first-order valence-corrected chi connectivity index (χ1v) is 6.24. The zero-order valence-electron chi connectivity index (χ0n) is 11.9. The first-order chi connectivity index (χ1) is 10.5. The molecule has 22 heavy (non-hydrogen) atoms. The van der Waals surface area contributed by atoms with Crippen molar-refractivity contribution in [3.05, 3.63) is 47.5 Å². The molecule has 0 aliphatic heterocycles. The summed E-state index contributed by atoms with van der Waals surface area (Å²) < 4.78 is 36.2. The fourth-order valence-electron chi connectivity index (χ4n) is 1.83. The van der Waals surface area contributed by atoms with E-state index < -0.39 is 17.5 Å². The molecule has 116 valence electrons. The molecular weight excluding hydrogens is 294 g/mol. The third-order valence-electron chi connectivity index (χ3n) is 2.99. The molecule has 0 atom stereocenters. The summed E-state index contributed by atoms with van der Waals surface area (Å²) in [5.41, 5.74) is 6.30. The number of nitrogen functional groups attached to an aromatic ring is 1. The number of hydrogen-bond acceptors (Lipinski definition) is 4. The van der Waals surface area contributed by atoms with Gasteiger partial charge >= 0.3 is 0 Å². The van der Waals surface area contributed by atoms with Crippen LogP contribution >= 0.6 is 0 Å². The molecule has 1 amide bonds. The van der Waals surface area contributed by atoms with Gasteiger partial charge in [0.25, 0.3) is 5.91 Å². The van der Waals surface area contributed by atoms with Gasteiger partial charge in [-0.3, -0.25) is 4.79 Å². The van der Waals surface area contributed by atoms with E-state index in [4.69, 9.17) is 15.2 Å². The monoisotopic (exact) mass is 308 g/mol. The van der Waals surface area contributed by atoms with Gasteiger partial charge < -0.3 is 20.5 Å². The topological polar surface area (TPSA) is 73.6 Å². The maximum atomic E-state index is 13.2. The van der Waals surface area contributed by atoms with Gasteiger partial charge in [0.1, 0.15) is 0 Å². The highest BCUT2D eigenvalue weighted by atomic mass is 19.2. The van der Waals surface area contributed by atoms with Gasteiger partial charge in [-0.05, 0) is 18.2 Å². The minimum Gasteiger partial charge on any atom is -0.493 e. The summed E-state index contributed by atoms with van der Waals surface area (Å²) in [7, 11) is 2.89. The summed E-state index contributed by atoms with van der Waals surface area (Å²) in [5, 5.41) is 2.51. The van der Waals surface area contributed by atoms with Crippen LogP contribution in [0.15, 0.2) is 30.3 Å². The van der Waals surface area contributed by atoms with E-state index >= 15 is 0 Å². The number of halogens is 2. The van der Waals surface area contributed by atoms with E-state index in [-0.39, 0.29) is 16.9 Å². The quantitative estimate of drug-likeness (QED) is 0.852. The Morgan fingerprint density at radius 1 is 1.05 bits per heavy atom. The van der Waals surface area contributed by atoms with Crippen LogP contribution in [0.4, 0.5) is 20.2 Å². The van der Waals surface area contributed by atoms with Crippen molar-refractivity contribution in [1.29, 1.82) is 0 Å². The van der Waals surface area contributed by atoms with E-state index in [1.54, 1.807) is 0 Å².